The number of nitrogens with zero attached hydrogens (tertiary/aromatic N) is 3. The number of carboxylic acids is 1. The molecule has 0 bridgehead atoms. The minimum absolute atomic E-state index is 0.219. The summed E-state index contributed by atoms with van der Waals surface area (Å²) in [5, 5.41) is 9.11. The number of aromatic nitrogens is 2. The van der Waals surface area contributed by atoms with Crippen molar-refractivity contribution in [2.75, 3.05) is 13.1 Å². The first-order chi connectivity index (χ1) is 8.42. The van der Waals surface area contributed by atoms with Gasteiger partial charge in [0, 0.05) is 19.3 Å². The molecule has 2 heterocycles. The molecule has 1 amide bonds. The van der Waals surface area contributed by atoms with E-state index in [1.807, 2.05) is 0 Å². The number of carbonyl (C=O) groups excluding carboxylic acids is 1. The Labute approximate surface area is 105 Å². The molecule has 0 spiro atoms. The van der Waals surface area contributed by atoms with Gasteiger partial charge in [-0.05, 0) is 20.3 Å². The standard InChI is InChI=1S/C12H15N3O3/c1-8-5-14-9(6-13-8)10(16)15-4-3-12(2,7-15)11(17)18/h5-6H,3-4,7H2,1-2H3,(H,17,18)/t12-/m0/s1. The van der Waals surface area contributed by atoms with Crippen LogP contribution in [0.5, 0.6) is 0 Å². The molecule has 18 heavy (non-hydrogen) atoms. The summed E-state index contributed by atoms with van der Waals surface area (Å²) in [4.78, 5) is 32.8. The van der Waals surface area contributed by atoms with Crippen molar-refractivity contribution in [2.45, 2.75) is 20.3 Å². The van der Waals surface area contributed by atoms with E-state index in [4.69, 9.17) is 5.11 Å². The van der Waals surface area contributed by atoms with E-state index >= 15 is 0 Å². The molecule has 1 aliphatic heterocycles. The first-order valence-electron chi connectivity index (χ1n) is 5.74. The summed E-state index contributed by atoms with van der Waals surface area (Å²) in [5.41, 5.74) is 0.145. The first-order valence-corrected chi connectivity index (χ1v) is 5.74. The van der Waals surface area contributed by atoms with E-state index in [9.17, 15) is 9.59 Å². The fourth-order valence-electron chi connectivity index (χ4n) is 1.97. The van der Waals surface area contributed by atoms with Crippen LogP contribution >= 0.6 is 0 Å². The van der Waals surface area contributed by atoms with Crippen LogP contribution in [0.25, 0.3) is 0 Å². The number of aliphatic carboxylic acids is 1. The predicted molar refractivity (Wildman–Crippen MR) is 63.0 cm³/mol. The van der Waals surface area contributed by atoms with Gasteiger partial charge in [-0.15, -0.1) is 0 Å². The monoisotopic (exact) mass is 249 g/mol. The highest BCUT2D eigenvalue weighted by atomic mass is 16.4. The molecule has 0 saturated carbocycles. The molecule has 1 aromatic heterocycles. The maximum Gasteiger partial charge on any atom is 0.311 e. The van der Waals surface area contributed by atoms with Gasteiger partial charge in [-0.25, -0.2) is 4.98 Å². The quantitative estimate of drug-likeness (QED) is 0.835. The minimum Gasteiger partial charge on any atom is -0.481 e. The van der Waals surface area contributed by atoms with E-state index < -0.39 is 11.4 Å². The van der Waals surface area contributed by atoms with Gasteiger partial charge >= 0.3 is 5.97 Å². The van der Waals surface area contributed by atoms with Crippen molar-refractivity contribution in [3.63, 3.8) is 0 Å². The zero-order valence-electron chi connectivity index (χ0n) is 10.4. The third-order valence-electron chi connectivity index (χ3n) is 3.28. The van der Waals surface area contributed by atoms with Gasteiger partial charge in [0.2, 0.25) is 0 Å². The summed E-state index contributed by atoms with van der Waals surface area (Å²) in [6.07, 6.45) is 3.42. The average Bonchev–Trinajstić information content (AvgIpc) is 2.73. The highest BCUT2D eigenvalue weighted by Gasteiger charge is 2.42. The SMILES string of the molecule is Cc1cnc(C(=O)N2CC[C@](C)(C(=O)O)C2)cn1. The van der Waals surface area contributed by atoms with Crippen LogP contribution in [0.15, 0.2) is 12.4 Å². The van der Waals surface area contributed by atoms with Crippen LogP contribution in [-0.2, 0) is 4.79 Å². The molecule has 6 nitrogen and oxygen atoms in total. The first kappa shape index (κ1) is 12.5. The second-order valence-corrected chi connectivity index (χ2v) is 4.89. The Bertz CT molecular complexity index is 486. The molecular weight excluding hydrogens is 234 g/mol. The Hall–Kier alpha value is -1.98. The molecule has 1 N–H and O–H groups in total. The lowest BCUT2D eigenvalue weighted by Gasteiger charge is -2.19. The van der Waals surface area contributed by atoms with E-state index in [1.54, 1.807) is 13.8 Å². The Morgan fingerprint density at radius 1 is 1.39 bits per heavy atom. The number of carboxylic acid groups (broad SMARTS) is 1. The largest absolute Gasteiger partial charge is 0.481 e. The highest BCUT2D eigenvalue weighted by Crippen LogP contribution is 2.30. The van der Waals surface area contributed by atoms with Crippen molar-refractivity contribution in [1.82, 2.24) is 14.9 Å². The van der Waals surface area contributed by atoms with Crippen molar-refractivity contribution >= 4 is 11.9 Å². The summed E-state index contributed by atoms with van der Waals surface area (Å²) < 4.78 is 0. The van der Waals surface area contributed by atoms with Crippen LogP contribution < -0.4 is 0 Å². The summed E-state index contributed by atoms with van der Waals surface area (Å²) in [5.74, 6) is -1.12. The molecule has 0 radical (unpaired) electrons. The van der Waals surface area contributed by atoms with Crippen molar-refractivity contribution in [2.24, 2.45) is 5.41 Å². The zero-order valence-corrected chi connectivity index (χ0v) is 10.4. The second kappa shape index (κ2) is 4.36. The van der Waals surface area contributed by atoms with Crippen LogP contribution in [0.4, 0.5) is 0 Å². The molecule has 2 rings (SSSR count). The number of aryl methyl sites for hydroxylation is 1. The summed E-state index contributed by atoms with van der Waals surface area (Å²) in [7, 11) is 0. The van der Waals surface area contributed by atoms with Crippen molar-refractivity contribution in [3.05, 3.63) is 23.8 Å². The molecule has 1 atom stereocenters. The number of hydrogen-bond donors (Lipinski definition) is 1. The van der Waals surface area contributed by atoms with Crippen LogP contribution in [0.1, 0.15) is 29.5 Å². The lowest BCUT2D eigenvalue weighted by molar-refractivity contribution is -0.147. The van der Waals surface area contributed by atoms with Crippen LogP contribution in [0.2, 0.25) is 0 Å². The van der Waals surface area contributed by atoms with Crippen molar-refractivity contribution in [3.8, 4) is 0 Å². The lowest BCUT2D eigenvalue weighted by Crippen LogP contribution is -2.35. The molecule has 0 aromatic carbocycles. The lowest BCUT2D eigenvalue weighted by atomic mass is 9.90. The van der Waals surface area contributed by atoms with Gasteiger partial charge < -0.3 is 10.0 Å². The molecule has 0 unspecified atom stereocenters. The van der Waals surface area contributed by atoms with E-state index in [2.05, 4.69) is 9.97 Å². The van der Waals surface area contributed by atoms with Crippen LogP contribution in [-0.4, -0.2) is 44.9 Å². The molecule has 6 heteroatoms. The van der Waals surface area contributed by atoms with E-state index in [1.165, 1.54) is 17.3 Å². The van der Waals surface area contributed by atoms with Crippen LogP contribution in [0.3, 0.4) is 0 Å². The van der Waals surface area contributed by atoms with E-state index in [0.29, 0.717) is 13.0 Å². The fraction of sp³-hybridized carbons (Fsp3) is 0.500. The summed E-state index contributed by atoms with van der Waals surface area (Å²) in [6.45, 7) is 4.11. The number of carbonyl (C=O) groups is 2. The van der Waals surface area contributed by atoms with E-state index in [-0.39, 0.29) is 18.1 Å². The van der Waals surface area contributed by atoms with Gasteiger partial charge in [-0.2, -0.15) is 0 Å². The number of hydrogen-bond acceptors (Lipinski definition) is 4. The Morgan fingerprint density at radius 3 is 2.61 bits per heavy atom. The van der Waals surface area contributed by atoms with E-state index in [0.717, 1.165) is 5.69 Å². The molecule has 1 saturated heterocycles. The third-order valence-corrected chi connectivity index (χ3v) is 3.28. The Kier molecular flexibility index (Phi) is 3.02. The maximum atomic E-state index is 12.1. The summed E-state index contributed by atoms with van der Waals surface area (Å²) >= 11 is 0. The average molecular weight is 249 g/mol. The molecule has 1 aromatic rings. The Morgan fingerprint density at radius 2 is 2.11 bits per heavy atom. The number of rotatable bonds is 2. The molecular formula is C12H15N3O3. The van der Waals surface area contributed by atoms with Gasteiger partial charge in [0.1, 0.15) is 5.69 Å². The summed E-state index contributed by atoms with van der Waals surface area (Å²) in [6, 6.07) is 0. The third kappa shape index (κ3) is 2.18. The normalized spacial score (nSPS) is 23.1. The Balaban J connectivity index is 2.12. The smallest absolute Gasteiger partial charge is 0.311 e. The maximum absolute atomic E-state index is 12.1. The van der Waals surface area contributed by atoms with Gasteiger partial charge in [-0.1, -0.05) is 0 Å². The predicted octanol–water partition coefficient (Wildman–Crippen LogP) is 0.722. The molecule has 0 aliphatic carbocycles. The highest BCUT2D eigenvalue weighted by molar-refractivity contribution is 5.93. The molecule has 96 valence electrons. The van der Waals surface area contributed by atoms with Gasteiger partial charge in [0.15, 0.2) is 0 Å². The number of amides is 1. The molecule has 1 aliphatic rings. The number of likely N-dealkylation sites (tertiary alicyclic amines) is 1. The van der Waals surface area contributed by atoms with Gasteiger partial charge in [-0.3, -0.25) is 14.6 Å². The van der Waals surface area contributed by atoms with Gasteiger partial charge in [0.05, 0.1) is 17.3 Å². The zero-order chi connectivity index (χ0) is 13.3. The van der Waals surface area contributed by atoms with Crippen LogP contribution in [0, 0.1) is 12.3 Å². The second-order valence-electron chi connectivity index (χ2n) is 4.89. The minimum atomic E-state index is -0.868. The molecule has 1 fully saturated rings. The van der Waals surface area contributed by atoms with Gasteiger partial charge in [0.25, 0.3) is 5.91 Å². The van der Waals surface area contributed by atoms with Crippen molar-refractivity contribution in [1.29, 1.82) is 0 Å². The fourth-order valence-corrected chi connectivity index (χ4v) is 1.97. The van der Waals surface area contributed by atoms with Crippen molar-refractivity contribution < 1.29 is 14.7 Å². The topological polar surface area (TPSA) is 83.4 Å².